The first kappa shape index (κ1) is 14.3. The molecule has 1 saturated carbocycles. The highest BCUT2D eigenvalue weighted by Crippen LogP contribution is 2.29. The molecule has 0 bridgehead atoms. The average molecular weight is 284 g/mol. The molecule has 1 aromatic carbocycles. The van der Waals surface area contributed by atoms with Crippen LogP contribution in [0.15, 0.2) is 42.7 Å². The number of hydrogen-bond acceptors (Lipinski definition) is 3. The van der Waals surface area contributed by atoms with E-state index < -0.39 is 0 Å². The SMILES string of the molecule is NCC(NCCC1CCC1)c1cnn(-c2ccccc2)c1. The topological polar surface area (TPSA) is 55.9 Å². The average Bonchev–Trinajstić information content (AvgIpc) is 2.96. The summed E-state index contributed by atoms with van der Waals surface area (Å²) >= 11 is 0. The van der Waals surface area contributed by atoms with Gasteiger partial charge >= 0.3 is 0 Å². The maximum Gasteiger partial charge on any atom is 0.0645 e. The number of nitrogens with one attached hydrogen (secondary N) is 1. The number of nitrogens with zero attached hydrogens (tertiary/aromatic N) is 2. The van der Waals surface area contributed by atoms with Crippen LogP contribution in [-0.4, -0.2) is 22.9 Å². The van der Waals surface area contributed by atoms with Crippen LogP contribution in [0.5, 0.6) is 0 Å². The van der Waals surface area contributed by atoms with Crippen LogP contribution in [0.25, 0.3) is 5.69 Å². The highest BCUT2D eigenvalue weighted by atomic mass is 15.3. The maximum atomic E-state index is 5.92. The molecule has 1 fully saturated rings. The van der Waals surface area contributed by atoms with Gasteiger partial charge < -0.3 is 11.1 Å². The summed E-state index contributed by atoms with van der Waals surface area (Å²) in [5, 5.41) is 8.02. The van der Waals surface area contributed by atoms with E-state index in [2.05, 4.69) is 28.7 Å². The molecule has 112 valence electrons. The van der Waals surface area contributed by atoms with Crippen molar-refractivity contribution in [1.29, 1.82) is 0 Å². The number of para-hydroxylation sites is 1. The molecule has 1 aliphatic carbocycles. The summed E-state index contributed by atoms with van der Waals surface area (Å²) in [6.07, 6.45) is 9.48. The summed E-state index contributed by atoms with van der Waals surface area (Å²) < 4.78 is 1.91. The van der Waals surface area contributed by atoms with Crippen LogP contribution >= 0.6 is 0 Å². The Labute approximate surface area is 126 Å². The number of hydrogen-bond donors (Lipinski definition) is 2. The monoisotopic (exact) mass is 284 g/mol. The molecule has 4 nitrogen and oxygen atoms in total. The lowest BCUT2D eigenvalue weighted by atomic mass is 9.83. The van der Waals surface area contributed by atoms with Gasteiger partial charge in [0.2, 0.25) is 0 Å². The van der Waals surface area contributed by atoms with Gasteiger partial charge in [0.1, 0.15) is 0 Å². The van der Waals surface area contributed by atoms with E-state index >= 15 is 0 Å². The molecule has 2 aromatic rings. The number of nitrogens with two attached hydrogens (primary N) is 1. The summed E-state index contributed by atoms with van der Waals surface area (Å²) in [5.74, 6) is 0.933. The fourth-order valence-corrected chi connectivity index (χ4v) is 2.82. The van der Waals surface area contributed by atoms with E-state index in [-0.39, 0.29) is 6.04 Å². The second kappa shape index (κ2) is 6.87. The summed E-state index contributed by atoms with van der Waals surface area (Å²) in [7, 11) is 0. The van der Waals surface area contributed by atoms with Gasteiger partial charge in [-0.3, -0.25) is 0 Å². The molecule has 0 amide bonds. The molecule has 4 heteroatoms. The van der Waals surface area contributed by atoms with Gasteiger partial charge in [-0.2, -0.15) is 5.10 Å². The normalized spacial score (nSPS) is 16.6. The molecular formula is C17H24N4. The van der Waals surface area contributed by atoms with Gasteiger partial charge in [0.05, 0.1) is 11.9 Å². The summed E-state index contributed by atoms with van der Waals surface area (Å²) in [6, 6.07) is 10.4. The molecule has 0 spiro atoms. The lowest BCUT2D eigenvalue weighted by Gasteiger charge is -2.26. The van der Waals surface area contributed by atoms with E-state index in [0.717, 1.165) is 23.7 Å². The summed E-state index contributed by atoms with van der Waals surface area (Å²) in [4.78, 5) is 0. The molecule has 21 heavy (non-hydrogen) atoms. The fourth-order valence-electron chi connectivity index (χ4n) is 2.82. The molecule has 1 unspecified atom stereocenters. The second-order valence-corrected chi connectivity index (χ2v) is 5.88. The van der Waals surface area contributed by atoms with Gasteiger partial charge in [0, 0.05) is 24.3 Å². The molecule has 1 aromatic heterocycles. The predicted octanol–water partition coefficient (Wildman–Crippen LogP) is 2.65. The van der Waals surface area contributed by atoms with Crippen LogP contribution in [0.3, 0.4) is 0 Å². The molecule has 1 atom stereocenters. The lowest BCUT2D eigenvalue weighted by Crippen LogP contribution is -2.30. The minimum absolute atomic E-state index is 0.197. The summed E-state index contributed by atoms with van der Waals surface area (Å²) in [6.45, 7) is 1.65. The molecule has 0 aliphatic heterocycles. The Bertz CT molecular complexity index is 545. The molecular weight excluding hydrogens is 260 g/mol. The molecule has 1 heterocycles. The molecule has 0 radical (unpaired) electrons. The van der Waals surface area contributed by atoms with Gasteiger partial charge in [-0.25, -0.2) is 4.68 Å². The van der Waals surface area contributed by atoms with Crippen LogP contribution in [0.1, 0.15) is 37.3 Å². The van der Waals surface area contributed by atoms with E-state index in [4.69, 9.17) is 5.73 Å². The van der Waals surface area contributed by atoms with Gasteiger partial charge in [-0.15, -0.1) is 0 Å². The Balaban J connectivity index is 1.59. The van der Waals surface area contributed by atoms with Crippen LogP contribution in [0, 0.1) is 5.92 Å². The van der Waals surface area contributed by atoms with Crippen molar-refractivity contribution in [3.05, 3.63) is 48.3 Å². The zero-order valence-corrected chi connectivity index (χ0v) is 12.4. The molecule has 3 rings (SSSR count). The fraction of sp³-hybridized carbons (Fsp3) is 0.471. The quantitative estimate of drug-likeness (QED) is 0.822. The van der Waals surface area contributed by atoms with Crippen molar-refractivity contribution in [3.63, 3.8) is 0 Å². The Hall–Kier alpha value is -1.65. The Morgan fingerprint density at radius 2 is 2.10 bits per heavy atom. The van der Waals surface area contributed by atoms with Gasteiger partial charge in [0.25, 0.3) is 0 Å². The van der Waals surface area contributed by atoms with E-state index in [0.29, 0.717) is 6.54 Å². The van der Waals surface area contributed by atoms with Crippen molar-refractivity contribution >= 4 is 0 Å². The second-order valence-electron chi connectivity index (χ2n) is 5.88. The predicted molar refractivity (Wildman–Crippen MR) is 85.3 cm³/mol. The van der Waals surface area contributed by atoms with Crippen LogP contribution in [-0.2, 0) is 0 Å². The molecule has 3 N–H and O–H groups in total. The van der Waals surface area contributed by atoms with Crippen molar-refractivity contribution in [2.24, 2.45) is 11.7 Å². The van der Waals surface area contributed by atoms with Gasteiger partial charge in [-0.1, -0.05) is 37.5 Å². The largest absolute Gasteiger partial charge is 0.329 e. The third-order valence-electron chi connectivity index (χ3n) is 4.43. The van der Waals surface area contributed by atoms with E-state index in [1.165, 1.54) is 25.7 Å². The Kier molecular flexibility index (Phi) is 4.68. The van der Waals surface area contributed by atoms with Crippen molar-refractivity contribution in [1.82, 2.24) is 15.1 Å². The lowest BCUT2D eigenvalue weighted by molar-refractivity contribution is 0.288. The first-order chi connectivity index (χ1) is 10.4. The number of benzene rings is 1. The third-order valence-corrected chi connectivity index (χ3v) is 4.43. The smallest absolute Gasteiger partial charge is 0.0645 e. The van der Waals surface area contributed by atoms with Crippen molar-refractivity contribution in [2.75, 3.05) is 13.1 Å². The minimum Gasteiger partial charge on any atom is -0.329 e. The van der Waals surface area contributed by atoms with Gasteiger partial charge in [0.15, 0.2) is 0 Å². The van der Waals surface area contributed by atoms with E-state index in [9.17, 15) is 0 Å². The van der Waals surface area contributed by atoms with Crippen LogP contribution in [0.4, 0.5) is 0 Å². The van der Waals surface area contributed by atoms with Crippen LogP contribution < -0.4 is 11.1 Å². The molecule has 1 aliphatic rings. The number of rotatable bonds is 7. The van der Waals surface area contributed by atoms with Gasteiger partial charge in [-0.05, 0) is 31.0 Å². The van der Waals surface area contributed by atoms with Crippen molar-refractivity contribution < 1.29 is 0 Å². The summed E-state index contributed by atoms with van der Waals surface area (Å²) in [5.41, 5.74) is 8.16. The Morgan fingerprint density at radius 3 is 2.76 bits per heavy atom. The first-order valence-electron chi connectivity index (χ1n) is 7.90. The van der Waals surface area contributed by atoms with E-state index in [1.54, 1.807) is 0 Å². The zero-order chi connectivity index (χ0) is 14.5. The minimum atomic E-state index is 0.197. The zero-order valence-electron chi connectivity index (χ0n) is 12.4. The highest BCUT2D eigenvalue weighted by molar-refractivity contribution is 5.31. The van der Waals surface area contributed by atoms with Crippen molar-refractivity contribution in [2.45, 2.75) is 31.7 Å². The van der Waals surface area contributed by atoms with Crippen molar-refractivity contribution in [3.8, 4) is 5.69 Å². The Morgan fingerprint density at radius 1 is 1.29 bits per heavy atom. The standard InChI is InChI=1S/C17H24N4/c18-11-17(19-10-9-14-5-4-6-14)15-12-20-21(13-15)16-7-2-1-3-8-16/h1-3,7-8,12-14,17,19H,4-6,9-11,18H2. The number of aromatic nitrogens is 2. The van der Waals surface area contributed by atoms with E-state index in [1.807, 2.05) is 29.1 Å². The molecule has 0 saturated heterocycles. The highest BCUT2D eigenvalue weighted by Gasteiger charge is 2.18. The first-order valence-corrected chi connectivity index (χ1v) is 7.90. The maximum absolute atomic E-state index is 5.92. The van der Waals surface area contributed by atoms with Crippen LogP contribution in [0.2, 0.25) is 0 Å². The third kappa shape index (κ3) is 3.52.